The van der Waals surface area contributed by atoms with Gasteiger partial charge in [-0.25, -0.2) is 0 Å². The minimum Gasteiger partial charge on any atom is -0.370 e. The van der Waals surface area contributed by atoms with E-state index in [-0.39, 0.29) is 24.4 Å². The van der Waals surface area contributed by atoms with Crippen molar-refractivity contribution in [3.05, 3.63) is 36.4 Å². The molecule has 0 bridgehead atoms. The van der Waals surface area contributed by atoms with Crippen LogP contribution in [0.3, 0.4) is 0 Å². The Bertz CT molecular complexity index is 1030. The van der Waals surface area contributed by atoms with Crippen LogP contribution in [0.2, 0.25) is 0 Å². The lowest BCUT2D eigenvalue weighted by molar-refractivity contribution is 0.283. The smallest absolute Gasteiger partial charge is 0.249 e. The van der Waals surface area contributed by atoms with Gasteiger partial charge in [0.1, 0.15) is 6.04 Å². The van der Waals surface area contributed by atoms with Crippen LogP contribution in [0.25, 0.3) is 22.3 Å². The summed E-state index contributed by atoms with van der Waals surface area (Å²) in [4.78, 5) is 6.48. The second-order valence-electron chi connectivity index (χ2n) is 8.95. The summed E-state index contributed by atoms with van der Waals surface area (Å²) in [7, 11) is 0. The number of aromatic nitrogens is 3. The van der Waals surface area contributed by atoms with Crippen molar-refractivity contribution >= 4 is 29.3 Å². The zero-order chi connectivity index (χ0) is 22.3. The topological polar surface area (TPSA) is 97.0 Å². The molecule has 4 rings (SSSR count). The maximum atomic E-state index is 7.77. The third kappa shape index (κ3) is 6.08. The first-order chi connectivity index (χ1) is 15.7. The fraction of sp³-hybridized carbons (Fsp3) is 0.560. The number of unbranched alkanes of at least 4 members (excludes halogenated alkanes) is 7. The molecule has 1 saturated heterocycles. The van der Waals surface area contributed by atoms with Gasteiger partial charge in [0.15, 0.2) is 5.96 Å². The number of hydrogen-bond acceptors (Lipinski definition) is 4. The number of benzene rings is 1. The molecule has 1 aliphatic heterocycles. The largest absolute Gasteiger partial charge is 0.370 e. The summed E-state index contributed by atoms with van der Waals surface area (Å²) in [6.45, 7) is 4.06. The first-order valence-corrected chi connectivity index (χ1v) is 12.2. The third-order valence-corrected chi connectivity index (χ3v) is 6.57. The SMILES string of the molecule is CCCCCCCCCCn1ccc2ccc(-c3noc([C@@H]4CCCN4C(=N)N)n3)cc21.Cl. The molecule has 3 aromatic rings. The van der Waals surface area contributed by atoms with Crippen LogP contribution in [-0.4, -0.2) is 32.1 Å². The van der Waals surface area contributed by atoms with E-state index in [1.54, 1.807) is 0 Å². The van der Waals surface area contributed by atoms with Gasteiger partial charge in [-0.1, -0.05) is 69.2 Å². The van der Waals surface area contributed by atoms with E-state index in [9.17, 15) is 0 Å². The molecule has 0 unspecified atom stereocenters. The van der Waals surface area contributed by atoms with E-state index in [1.165, 1.54) is 62.3 Å². The second-order valence-corrected chi connectivity index (χ2v) is 8.95. The molecule has 1 atom stereocenters. The minimum absolute atomic E-state index is 0. The number of rotatable bonds is 11. The first-order valence-electron chi connectivity index (χ1n) is 12.2. The fourth-order valence-corrected chi connectivity index (χ4v) is 4.73. The third-order valence-electron chi connectivity index (χ3n) is 6.57. The van der Waals surface area contributed by atoms with E-state index in [1.807, 2.05) is 4.90 Å². The summed E-state index contributed by atoms with van der Waals surface area (Å²) in [5.41, 5.74) is 7.88. The molecule has 1 aromatic carbocycles. The van der Waals surface area contributed by atoms with Crippen molar-refractivity contribution in [3.63, 3.8) is 0 Å². The molecule has 8 heteroatoms. The number of halogens is 1. The van der Waals surface area contributed by atoms with Gasteiger partial charge in [0.05, 0.1) is 0 Å². The molecule has 3 N–H and O–H groups in total. The summed E-state index contributed by atoms with van der Waals surface area (Å²) >= 11 is 0. The standard InChI is InChI=1S/C25H36N6O.ClH/c1-2-3-4-5-6-7-8-9-15-30-17-14-19-12-13-20(18-22(19)30)23-28-24(32-29-23)21-11-10-16-31(21)25(26)27;/h12-14,17-18,21H,2-11,15-16H2,1H3,(H3,26,27);1H/t21-;/m0./s1. The van der Waals surface area contributed by atoms with E-state index in [0.29, 0.717) is 11.7 Å². The van der Waals surface area contributed by atoms with E-state index in [2.05, 4.69) is 52.1 Å². The molecule has 0 radical (unpaired) electrons. The highest BCUT2D eigenvalue weighted by molar-refractivity contribution is 5.85. The van der Waals surface area contributed by atoms with Gasteiger partial charge in [-0.2, -0.15) is 4.98 Å². The van der Waals surface area contributed by atoms with Crippen LogP contribution in [0.5, 0.6) is 0 Å². The normalized spacial score (nSPS) is 15.8. The summed E-state index contributed by atoms with van der Waals surface area (Å²) in [6.07, 6.45) is 14.7. The van der Waals surface area contributed by atoms with Crippen molar-refractivity contribution in [2.75, 3.05) is 6.54 Å². The molecule has 2 aromatic heterocycles. The number of nitrogens with zero attached hydrogens (tertiary/aromatic N) is 4. The molecule has 0 spiro atoms. The monoisotopic (exact) mass is 472 g/mol. The molecule has 7 nitrogen and oxygen atoms in total. The Balaban J connectivity index is 0.00000306. The van der Waals surface area contributed by atoms with Crippen LogP contribution >= 0.6 is 12.4 Å². The Labute approximate surface area is 202 Å². The summed E-state index contributed by atoms with van der Waals surface area (Å²) in [5.74, 6) is 1.20. The van der Waals surface area contributed by atoms with Gasteiger partial charge >= 0.3 is 0 Å². The molecular formula is C25H37ClN6O. The summed E-state index contributed by atoms with van der Waals surface area (Å²) in [6, 6.07) is 8.42. The summed E-state index contributed by atoms with van der Waals surface area (Å²) < 4.78 is 7.91. The Hall–Kier alpha value is -2.54. The van der Waals surface area contributed by atoms with Crippen LogP contribution in [0, 0.1) is 5.41 Å². The lowest BCUT2D eigenvalue weighted by Gasteiger charge is -2.21. The van der Waals surface area contributed by atoms with Crippen LogP contribution in [0.1, 0.15) is 83.1 Å². The van der Waals surface area contributed by atoms with Gasteiger partial charge in [-0.15, -0.1) is 12.4 Å². The van der Waals surface area contributed by atoms with Gasteiger partial charge in [0.2, 0.25) is 11.7 Å². The molecule has 0 amide bonds. The Morgan fingerprint density at radius 2 is 1.88 bits per heavy atom. The van der Waals surface area contributed by atoms with Crippen molar-refractivity contribution < 1.29 is 4.52 Å². The zero-order valence-corrected chi connectivity index (χ0v) is 20.4. The lowest BCUT2D eigenvalue weighted by Crippen LogP contribution is -2.35. The van der Waals surface area contributed by atoms with Crippen molar-refractivity contribution in [2.24, 2.45) is 5.73 Å². The zero-order valence-electron chi connectivity index (χ0n) is 19.6. The van der Waals surface area contributed by atoms with Crippen molar-refractivity contribution in [3.8, 4) is 11.4 Å². The maximum Gasteiger partial charge on any atom is 0.249 e. The average Bonchev–Trinajstić information content (AvgIpc) is 3.54. The van der Waals surface area contributed by atoms with Crippen LogP contribution in [-0.2, 0) is 6.54 Å². The van der Waals surface area contributed by atoms with E-state index in [4.69, 9.17) is 15.7 Å². The van der Waals surface area contributed by atoms with Crippen molar-refractivity contribution in [1.29, 1.82) is 5.41 Å². The molecule has 3 heterocycles. The van der Waals surface area contributed by atoms with Gasteiger partial charge in [-0.3, -0.25) is 5.41 Å². The highest BCUT2D eigenvalue weighted by Crippen LogP contribution is 2.32. The molecule has 33 heavy (non-hydrogen) atoms. The Kier molecular flexibility index (Phi) is 9.18. The van der Waals surface area contributed by atoms with Crippen molar-refractivity contribution in [1.82, 2.24) is 19.6 Å². The molecule has 1 aliphatic rings. The molecule has 180 valence electrons. The Morgan fingerprint density at radius 3 is 2.64 bits per heavy atom. The molecule has 0 saturated carbocycles. The van der Waals surface area contributed by atoms with E-state index < -0.39 is 0 Å². The maximum absolute atomic E-state index is 7.77. The lowest BCUT2D eigenvalue weighted by atomic mass is 10.1. The number of hydrogen-bond donors (Lipinski definition) is 2. The van der Waals surface area contributed by atoms with Gasteiger partial charge in [-0.05, 0) is 36.8 Å². The minimum atomic E-state index is -0.0942. The number of nitrogens with two attached hydrogens (primary N) is 1. The second kappa shape index (κ2) is 12.1. The van der Waals surface area contributed by atoms with E-state index in [0.717, 1.165) is 31.5 Å². The number of nitrogens with one attached hydrogen (secondary N) is 1. The fourth-order valence-electron chi connectivity index (χ4n) is 4.73. The average molecular weight is 473 g/mol. The van der Waals surface area contributed by atoms with Gasteiger partial charge < -0.3 is 19.7 Å². The van der Waals surface area contributed by atoms with Gasteiger partial charge in [0.25, 0.3) is 0 Å². The Morgan fingerprint density at radius 1 is 1.12 bits per heavy atom. The van der Waals surface area contributed by atoms with Crippen molar-refractivity contribution in [2.45, 2.75) is 83.7 Å². The first kappa shape index (κ1) is 25.1. The molecular weight excluding hydrogens is 436 g/mol. The van der Waals surface area contributed by atoms with Crippen LogP contribution in [0.4, 0.5) is 0 Å². The molecule has 0 aliphatic carbocycles. The van der Waals surface area contributed by atoms with Gasteiger partial charge in [0, 0.05) is 30.4 Å². The highest BCUT2D eigenvalue weighted by atomic mass is 35.5. The number of fused-ring (bicyclic) bond motifs is 1. The summed E-state index contributed by atoms with van der Waals surface area (Å²) in [5, 5.41) is 13.2. The predicted octanol–water partition coefficient (Wildman–Crippen LogP) is 6.28. The number of guanidine groups is 1. The quantitative estimate of drug-likeness (QED) is 0.194. The van der Waals surface area contributed by atoms with E-state index >= 15 is 0 Å². The van der Waals surface area contributed by atoms with Crippen LogP contribution < -0.4 is 5.73 Å². The van der Waals surface area contributed by atoms with Crippen LogP contribution in [0.15, 0.2) is 35.0 Å². The number of likely N-dealkylation sites (tertiary alicyclic amines) is 1. The molecule has 1 fully saturated rings. The number of aryl methyl sites for hydroxylation is 1. The predicted molar refractivity (Wildman–Crippen MR) is 136 cm³/mol. The highest BCUT2D eigenvalue weighted by Gasteiger charge is 2.31.